The summed E-state index contributed by atoms with van der Waals surface area (Å²) in [5, 5.41) is 1.48. The third-order valence-electron chi connectivity index (χ3n) is 4.60. The number of aromatic amines is 1. The first-order chi connectivity index (χ1) is 14.8. The summed E-state index contributed by atoms with van der Waals surface area (Å²) in [6.45, 7) is -1.26. The van der Waals surface area contributed by atoms with Gasteiger partial charge in [0.25, 0.3) is 0 Å². The van der Waals surface area contributed by atoms with E-state index in [0.29, 0.717) is 28.4 Å². The van der Waals surface area contributed by atoms with Crippen LogP contribution in [-0.4, -0.2) is 32.7 Å². The molecule has 0 aliphatic heterocycles. The minimum absolute atomic E-state index is 0.140. The van der Waals surface area contributed by atoms with Crippen molar-refractivity contribution >= 4 is 22.6 Å². The molecule has 0 radical (unpaired) electrons. The number of pyridine rings is 3. The molecule has 0 fully saturated rings. The summed E-state index contributed by atoms with van der Waals surface area (Å²) in [4.78, 5) is 16.0. The zero-order valence-corrected chi connectivity index (χ0v) is 16.8. The Morgan fingerprint density at radius 2 is 1.90 bits per heavy atom. The van der Waals surface area contributed by atoms with Gasteiger partial charge >= 0.3 is 6.18 Å². The standard InChI is InChI=1S/C21H17ClF3N5O/c22-15-6-16-14(9-28-20(16)29-10-15)5-12-1-3-17(27-8-12)19-13(7-26)2-4-18(30-19)31-11-21(23,24)25/h1-4,6,8-10H,5,7,11,26H2,(H,28,29). The highest BCUT2D eigenvalue weighted by Crippen LogP contribution is 2.26. The van der Waals surface area contributed by atoms with Gasteiger partial charge in [-0.2, -0.15) is 13.2 Å². The predicted molar refractivity (Wildman–Crippen MR) is 111 cm³/mol. The number of aromatic nitrogens is 4. The van der Waals surface area contributed by atoms with Gasteiger partial charge in [-0.15, -0.1) is 0 Å². The lowest BCUT2D eigenvalue weighted by molar-refractivity contribution is -0.154. The van der Waals surface area contributed by atoms with Gasteiger partial charge in [-0.1, -0.05) is 23.7 Å². The van der Waals surface area contributed by atoms with E-state index in [1.807, 2.05) is 18.3 Å². The normalized spacial score (nSPS) is 11.8. The lowest BCUT2D eigenvalue weighted by Gasteiger charge is -2.12. The fraction of sp³-hybridized carbons (Fsp3) is 0.190. The molecule has 6 nitrogen and oxygen atoms in total. The third kappa shape index (κ3) is 4.95. The molecular formula is C21H17ClF3N5O. The highest BCUT2D eigenvalue weighted by molar-refractivity contribution is 6.31. The average molecular weight is 448 g/mol. The van der Waals surface area contributed by atoms with Crippen molar-refractivity contribution in [3.8, 4) is 17.3 Å². The molecule has 0 spiro atoms. The molecule has 0 unspecified atom stereocenters. The number of ether oxygens (including phenoxy) is 1. The number of nitrogens with one attached hydrogen (secondary N) is 1. The molecule has 0 amide bonds. The molecular weight excluding hydrogens is 431 g/mol. The lowest BCUT2D eigenvalue weighted by atomic mass is 10.1. The van der Waals surface area contributed by atoms with Gasteiger partial charge in [0.1, 0.15) is 5.65 Å². The molecule has 0 saturated heterocycles. The third-order valence-corrected chi connectivity index (χ3v) is 4.81. The van der Waals surface area contributed by atoms with Crippen LogP contribution in [0.1, 0.15) is 16.7 Å². The first kappa shape index (κ1) is 21.1. The topological polar surface area (TPSA) is 89.7 Å². The number of nitrogens with zero attached hydrogens (tertiary/aromatic N) is 3. The van der Waals surface area contributed by atoms with Crippen molar-refractivity contribution in [2.75, 3.05) is 6.61 Å². The van der Waals surface area contributed by atoms with Crippen molar-refractivity contribution in [1.82, 2.24) is 19.9 Å². The Bertz CT molecular complexity index is 1210. The summed E-state index contributed by atoms with van der Waals surface area (Å²) in [5.74, 6) is -0.140. The van der Waals surface area contributed by atoms with E-state index in [1.165, 1.54) is 6.07 Å². The molecule has 0 bridgehead atoms. The molecule has 31 heavy (non-hydrogen) atoms. The van der Waals surface area contributed by atoms with Crippen molar-refractivity contribution in [3.63, 3.8) is 0 Å². The van der Waals surface area contributed by atoms with E-state index in [-0.39, 0.29) is 12.4 Å². The van der Waals surface area contributed by atoms with Crippen molar-refractivity contribution in [1.29, 1.82) is 0 Å². The Hall–Kier alpha value is -3.17. The average Bonchev–Trinajstić information content (AvgIpc) is 3.14. The van der Waals surface area contributed by atoms with Gasteiger partial charge in [0.2, 0.25) is 5.88 Å². The van der Waals surface area contributed by atoms with E-state index < -0.39 is 12.8 Å². The number of H-pyrrole nitrogens is 1. The summed E-state index contributed by atoms with van der Waals surface area (Å²) in [6, 6.07) is 8.44. The highest BCUT2D eigenvalue weighted by atomic mass is 35.5. The fourth-order valence-electron chi connectivity index (χ4n) is 3.16. The van der Waals surface area contributed by atoms with Crippen LogP contribution in [0.5, 0.6) is 5.88 Å². The molecule has 160 valence electrons. The molecule has 0 aliphatic carbocycles. The van der Waals surface area contributed by atoms with Crippen LogP contribution in [0.3, 0.4) is 0 Å². The first-order valence-electron chi connectivity index (χ1n) is 9.29. The van der Waals surface area contributed by atoms with Crippen LogP contribution >= 0.6 is 11.6 Å². The molecule has 3 N–H and O–H groups in total. The molecule has 10 heteroatoms. The van der Waals surface area contributed by atoms with Crippen molar-refractivity contribution in [2.24, 2.45) is 5.73 Å². The fourth-order valence-corrected chi connectivity index (χ4v) is 3.32. The van der Waals surface area contributed by atoms with E-state index in [0.717, 1.165) is 22.2 Å². The largest absolute Gasteiger partial charge is 0.468 e. The second-order valence-corrected chi connectivity index (χ2v) is 7.29. The summed E-state index contributed by atoms with van der Waals surface area (Å²) in [5.41, 5.74) is 9.98. The summed E-state index contributed by atoms with van der Waals surface area (Å²) in [7, 11) is 0. The Morgan fingerprint density at radius 1 is 1.06 bits per heavy atom. The minimum atomic E-state index is -4.45. The number of nitrogens with two attached hydrogens (primary N) is 1. The Kier molecular flexibility index (Phi) is 5.79. The minimum Gasteiger partial charge on any atom is -0.468 e. The van der Waals surface area contributed by atoms with Gasteiger partial charge in [0.05, 0.1) is 16.4 Å². The van der Waals surface area contributed by atoms with E-state index in [4.69, 9.17) is 22.1 Å². The lowest BCUT2D eigenvalue weighted by Crippen LogP contribution is -2.19. The van der Waals surface area contributed by atoms with Crippen molar-refractivity contribution in [2.45, 2.75) is 19.1 Å². The first-order valence-corrected chi connectivity index (χ1v) is 9.66. The number of alkyl halides is 3. The van der Waals surface area contributed by atoms with Crippen LogP contribution in [0.15, 0.2) is 48.9 Å². The van der Waals surface area contributed by atoms with Crippen LogP contribution in [0.25, 0.3) is 22.4 Å². The number of halogens is 4. The SMILES string of the molecule is NCc1ccc(OCC(F)(F)F)nc1-c1ccc(Cc2c[nH]c3ncc(Cl)cc23)cn1. The molecule has 4 aromatic rings. The van der Waals surface area contributed by atoms with Crippen LogP contribution < -0.4 is 10.5 Å². The van der Waals surface area contributed by atoms with Gasteiger partial charge in [0, 0.05) is 43.0 Å². The van der Waals surface area contributed by atoms with Gasteiger partial charge < -0.3 is 15.5 Å². The molecule has 4 aromatic heterocycles. The van der Waals surface area contributed by atoms with Gasteiger partial charge in [0.15, 0.2) is 6.61 Å². The second kappa shape index (κ2) is 8.52. The Morgan fingerprint density at radius 3 is 2.61 bits per heavy atom. The van der Waals surface area contributed by atoms with Crippen molar-refractivity contribution in [3.05, 3.63) is 70.6 Å². The smallest absolute Gasteiger partial charge is 0.422 e. The maximum Gasteiger partial charge on any atom is 0.422 e. The number of hydrogen-bond donors (Lipinski definition) is 2. The monoisotopic (exact) mass is 447 g/mol. The summed E-state index contributed by atoms with van der Waals surface area (Å²) in [6.07, 6.45) is 1.29. The van der Waals surface area contributed by atoms with E-state index in [2.05, 4.69) is 19.9 Å². The zero-order valence-electron chi connectivity index (χ0n) is 16.1. The number of fused-ring (bicyclic) bond motifs is 1. The molecule has 4 heterocycles. The number of hydrogen-bond acceptors (Lipinski definition) is 5. The van der Waals surface area contributed by atoms with Crippen LogP contribution in [-0.2, 0) is 13.0 Å². The predicted octanol–water partition coefficient (Wildman–Crippen LogP) is 4.66. The van der Waals surface area contributed by atoms with Crippen LogP contribution in [0, 0.1) is 0 Å². The van der Waals surface area contributed by atoms with E-state index in [1.54, 1.807) is 24.5 Å². The van der Waals surface area contributed by atoms with Crippen LogP contribution in [0.2, 0.25) is 5.02 Å². The van der Waals surface area contributed by atoms with E-state index in [9.17, 15) is 13.2 Å². The Labute approximate surface area is 180 Å². The van der Waals surface area contributed by atoms with Crippen LogP contribution in [0.4, 0.5) is 13.2 Å². The van der Waals surface area contributed by atoms with Gasteiger partial charge in [-0.3, -0.25) is 4.98 Å². The molecule has 0 atom stereocenters. The van der Waals surface area contributed by atoms with Gasteiger partial charge in [-0.05, 0) is 28.8 Å². The molecule has 0 aliphatic rings. The quantitative estimate of drug-likeness (QED) is 0.448. The van der Waals surface area contributed by atoms with Crippen molar-refractivity contribution < 1.29 is 17.9 Å². The zero-order chi connectivity index (χ0) is 22.0. The highest BCUT2D eigenvalue weighted by Gasteiger charge is 2.28. The summed E-state index contributed by atoms with van der Waals surface area (Å²) >= 11 is 6.05. The maximum absolute atomic E-state index is 12.4. The number of rotatable bonds is 6. The molecule has 0 aromatic carbocycles. The maximum atomic E-state index is 12.4. The Balaban J connectivity index is 1.57. The molecule has 0 saturated carbocycles. The van der Waals surface area contributed by atoms with E-state index >= 15 is 0 Å². The van der Waals surface area contributed by atoms with Gasteiger partial charge in [-0.25, -0.2) is 9.97 Å². The molecule has 4 rings (SSSR count). The second-order valence-electron chi connectivity index (χ2n) is 6.86. The summed E-state index contributed by atoms with van der Waals surface area (Å²) < 4.78 is 42.0.